The third kappa shape index (κ3) is 5.87. The maximum absolute atomic E-state index is 12.1. The number of piperidine rings is 1. The Balaban J connectivity index is 1.68. The summed E-state index contributed by atoms with van der Waals surface area (Å²) in [6, 6.07) is 8.20. The summed E-state index contributed by atoms with van der Waals surface area (Å²) in [7, 11) is 1.67. The van der Waals surface area contributed by atoms with Crippen LogP contribution in [0.25, 0.3) is 0 Å². The molecule has 0 aliphatic carbocycles. The van der Waals surface area contributed by atoms with Crippen LogP contribution in [0.4, 0.5) is 0 Å². The van der Waals surface area contributed by atoms with Gasteiger partial charge in [0.25, 0.3) is 0 Å². The number of nitrogens with zero attached hydrogens (tertiary/aromatic N) is 1. The van der Waals surface area contributed by atoms with E-state index in [9.17, 15) is 9.59 Å². The lowest BCUT2D eigenvalue weighted by Crippen LogP contribution is -2.38. The van der Waals surface area contributed by atoms with Crippen LogP contribution in [-0.4, -0.2) is 42.1 Å². The molecule has 2 rings (SSSR count). The first-order valence-corrected chi connectivity index (χ1v) is 8.71. The van der Waals surface area contributed by atoms with Gasteiger partial charge in [0.15, 0.2) is 0 Å². The van der Waals surface area contributed by atoms with Gasteiger partial charge in [0.2, 0.25) is 5.91 Å². The van der Waals surface area contributed by atoms with E-state index >= 15 is 0 Å². The highest BCUT2D eigenvalue weighted by Crippen LogP contribution is 2.23. The topological polar surface area (TPSA) is 66.8 Å². The minimum Gasteiger partial charge on any atom is -0.497 e. The SMILES string of the molecule is COc1ccc(CC2CCN(C(=O)CCCCC(=O)O)CC2)cc1. The van der Waals surface area contributed by atoms with Gasteiger partial charge in [0, 0.05) is 25.9 Å². The van der Waals surface area contributed by atoms with Gasteiger partial charge in [-0.05, 0) is 55.7 Å². The number of benzene rings is 1. The molecule has 1 aromatic rings. The Morgan fingerprint density at radius 2 is 1.75 bits per heavy atom. The molecule has 1 heterocycles. The maximum Gasteiger partial charge on any atom is 0.303 e. The molecule has 0 aromatic heterocycles. The number of likely N-dealkylation sites (tertiary alicyclic amines) is 1. The van der Waals surface area contributed by atoms with Gasteiger partial charge in [0.1, 0.15) is 5.75 Å². The molecule has 0 atom stereocenters. The van der Waals surface area contributed by atoms with E-state index in [1.165, 1.54) is 5.56 Å². The van der Waals surface area contributed by atoms with Gasteiger partial charge in [0.05, 0.1) is 7.11 Å². The Morgan fingerprint density at radius 3 is 2.33 bits per heavy atom. The summed E-state index contributed by atoms with van der Waals surface area (Å²) in [5.74, 6) is 0.876. The van der Waals surface area contributed by atoms with Gasteiger partial charge in [-0.2, -0.15) is 0 Å². The standard InChI is InChI=1S/C19H27NO4/c1-24-17-8-6-15(7-9-17)14-16-10-12-20(13-11-16)18(21)4-2-3-5-19(22)23/h6-9,16H,2-5,10-14H2,1H3,(H,22,23). The van der Waals surface area contributed by atoms with Crippen LogP contribution in [0, 0.1) is 5.92 Å². The molecule has 1 saturated heterocycles. The number of methoxy groups -OCH3 is 1. The highest BCUT2D eigenvalue weighted by atomic mass is 16.5. The number of ether oxygens (including phenoxy) is 1. The van der Waals surface area contributed by atoms with Crippen LogP contribution in [-0.2, 0) is 16.0 Å². The fraction of sp³-hybridized carbons (Fsp3) is 0.579. The molecule has 1 aliphatic rings. The predicted octanol–water partition coefficient (Wildman–Crippen LogP) is 3.12. The second-order valence-electron chi connectivity index (χ2n) is 6.48. The van der Waals surface area contributed by atoms with Crippen molar-refractivity contribution in [2.24, 2.45) is 5.92 Å². The summed E-state index contributed by atoms with van der Waals surface area (Å²) in [5, 5.41) is 8.60. The first-order chi connectivity index (χ1) is 11.6. The number of carbonyl (C=O) groups excluding carboxylic acids is 1. The van der Waals surface area contributed by atoms with Crippen molar-refractivity contribution >= 4 is 11.9 Å². The molecule has 1 N–H and O–H groups in total. The molecule has 1 aromatic carbocycles. The fourth-order valence-electron chi connectivity index (χ4n) is 3.19. The molecular weight excluding hydrogens is 306 g/mol. The lowest BCUT2D eigenvalue weighted by molar-refractivity contribution is -0.137. The van der Waals surface area contributed by atoms with Gasteiger partial charge in [-0.15, -0.1) is 0 Å². The van der Waals surface area contributed by atoms with Crippen molar-refractivity contribution in [1.29, 1.82) is 0 Å². The van der Waals surface area contributed by atoms with Crippen molar-refractivity contribution in [2.75, 3.05) is 20.2 Å². The second kappa shape index (κ2) is 9.30. The Morgan fingerprint density at radius 1 is 1.12 bits per heavy atom. The molecule has 0 saturated carbocycles. The van der Waals surface area contributed by atoms with E-state index in [2.05, 4.69) is 12.1 Å². The summed E-state index contributed by atoms with van der Waals surface area (Å²) in [4.78, 5) is 24.5. The Kier molecular flexibility index (Phi) is 7.09. The van der Waals surface area contributed by atoms with Gasteiger partial charge in [-0.1, -0.05) is 12.1 Å². The quantitative estimate of drug-likeness (QED) is 0.742. The van der Waals surface area contributed by atoms with Crippen LogP contribution in [0.3, 0.4) is 0 Å². The van der Waals surface area contributed by atoms with E-state index in [0.717, 1.165) is 38.1 Å². The van der Waals surface area contributed by atoms with Gasteiger partial charge < -0.3 is 14.7 Å². The highest BCUT2D eigenvalue weighted by molar-refractivity contribution is 5.76. The van der Waals surface area contributed by atoms with Crippen LogP contribution >= 0.6 is 0 Å². The van der Waals surface area contributed by atoms with Crippen molar-refractivity contribution in [1.82, 2.24) is 4.90 Å². The lowest BCUT2D eigenvalue weighted by atomic mass is 9.90. The zero-order valence-corrected chi connectivity index (χ0v) is 14.4. The third-order valence-electron chi connectivity index (χ3n) is 4.68. The van der Waals surface area contributed by atoms with E-state index in [0.29, 0.717) is 25.2 Å². The molecule has 5 nitrogen and oxygen atoms in total. The van der Waals surface area contributed by atoms with Crippen molar-refractivity contribution in [2.45, 2.75) is 44.9 Å². The number of unbranched alkanes of at least 4 members (excludes halogenated alkanes) is 1. The van der Waals surface area contributed by atoms with Crippen LogP contribution in [0.2, 0.25) is 0 Å². The number of amides is 1. The number of carboxylic acid groups (broad SMARTS) is 1. The third-order valence-corrected chi connectivity index (χ3v) is 4.68. The van der Waals surface area contributed by atoms with Crippen molar-refractivity contribution in [3.63, 3.8) is 0 Å². The Hall–Kier alpha value is -2.04. The molecule has 0 unspecified atom stereocenters. The van der Waals surface area contributed by atoms with E-state index in [1.807, 2.05) is 17.0 Å². The summed E-state index contributed by atoms with van der Waals surface area (Å²) in [6.07, 6.45) is 4.98. The van der Waals surface area contributed by atoms with Crippen LogP contribution < -0.4 is 4.74 Å². The number of hydrogen-bond donors (Lipinski definition) is 1. The van der Waals surface area contributed by atoms with Crippen molar-refractivity contribution in [3.05, 3.63) is 29.8 Å². The monoisotopic (exact) mass is 333 g/mol. The zero-order chi connectivity index (χ0) is 17.4. The predicted molar refractivity (Wildman–Crippen MR) is 92.1 cm³/mol. The zero-order valence-electron chi connectivity index (χ0n) is 14.4. The summed E-state index contributed by atoms with van der Waals surface area (Å²) in [6.45, 7) is 1.64. The first-order valence-electron chi connectivity index (χ1n) is 8.71. The molecule has 0 radical (unpaired) electrons. The number of aliphatic carboxylic acids is 1. The largest absolute Gasteiger partial charge is 0.497 e. The first kappa shape index (κ1) is 18.3. The summed E-state index contributed by atoms with van der Waals surface area (Å²) >= 11 is 0. The van der Waals surface area contributed by atoms with Gasteiger partial charge in [-0.25, -0.2) is 0 Å². The molecule has 1 fully saturated rings. The van der Waals surface area contributed by atoms with Crippen molar-refractivity contribution < 1.29 is 19.4 Å². The minimum atomic E-state index is -0.790. The minimum absolute atomic E-state index is 0.150. The Labute approximate surface area is 143 Å². The molecular formula is C19H27NO4. The number of rotatable bonds is 8. The van der Waals surface area contributed by atoms with Crippen LogP contribution in [0.15, 0.2) is 24.3 Å². The summed E-state index contributed by atoms with van der Waals surface area (Å²) < 4.78 is 5.18. The number of hydrogen-bond acceptors (Lipinski definition) is 3. The average Bonchev–Trinajstić information content (AvgIpc) is 2.59. The summed E-state index contributed by atoms with van der Waals surface area (Å²) in [5.41, 5.74) is 1.31. The number of carboxylic acids is 1. The normalized spacial score (nSPS) is 15.3. The molecule has 0 spiro atoms. The second-order valence-corrected chi connectivity index (χ2v) is 6.48. The molecule has 132 valence electrons. The van der Waals surface area contributed by atoms with E-state index < -0.39 is 5.97 Å². The molecule has 5 heteroatoms. The average molecular weight is 333 g/mol. The van der Waals surface area contributed by atoms with E-state index in [4.69, 9.17) is 9.84 Å². The smallest absolute Gasteiger partial charge is 0.303 e. The van der Waals surface area contributed by atoms with Gasteiger partial charge in [-0.3, -0.25) is 9.59 Å². The van der Waals surface area contributed by atoms with Crippen molar-refractivity contribution in [3.8, 4) is 5.75 Å². The molecule has 1 amide bonds. The molecule has 24 heavy (non-hydrogen) atoms. The van der Waals surface area contributed by atoms with Gasteiger partial charge >= 0.3 is 5.97 Å². The fourth-order valence-corrected chi connectivity index (χ4v) is 3.19. The lowest BCUT2D eigenvalue weighted by Gasteiger charge is -2.32. The number of carbonyl (C=O) groups is 2. The van der Waals surface area contributed by atoms with Crippen LogP contribution in [0.5, 0.6) is 5.75 Å². The maximum atomic E-state index is 12.1. The molecule has 1 aliphatic heterocycles. The van der Waals surface area contributed by atoms with Crippen LogP contribution in [0.1, 0.15) is 44.1 Å². The molecule has 0 bridgehead atoms. The highest BCUT2D eigenvalue weighted by Gasteiger charge is 2.22. The van der Waals surface area contributed by atoms with E-state index in [1.54, 1.807) is 7.11 Å². The Bertz CT molecular complexity index is 533. The van der Waals surface area contributed by atoms with E-state index in [-0.39, 0.29) is 12.3 Å².